The summed E-state index contributed by atoms with van der Waals surface area (Å²) in [5.74, 6) is 0.532. The predicted molar refractivity (Wildman–Crippen MR) is 90.7 cm³/mol. The van der Waals surface area contributed by atoms with Crippen molar-refractivity contribution in [2.45, 2.75) is 57.2 Å². The molecule has 3 nitrogen and oxygen atoms in total. The third kappa shape index (κ3) is 4.55. The van der Waals surface area contributed by atoms with Crippen LogP contribution in [0.5, 0.6) is 0 Å². The van der Waals surface area contributed by atoms with Gasteiger partial charge in [-0.15, -0.1) is 0 Å². The predicted octanol–water partition coefficient (Wildman–Crippen LogP) is 2.79. The second-order valence-corrected chi connectivity index (χ2v) is 7.11. The molecule has 2 N–H and O–H groups in total. The van der Waals surface area contributed by atoms with E-state index in [0.717, 1.165) is 6.54 Å². The van der Waals surface area contributed by atoms with Gasteiger partial charge in [0.1, 0.15) is 0 Å². The summed E-state index contributed by atoms with van der Waals surface area (Å²) in [6.45, 7) is 3.85. The molecular weight excluding hydrogens is 272 g/mol. The number of hydrogen-bond donors (Lipinski definition) is 2. The molecule has 122 valence electrons. The molecule has 1 aliphatic carbocycles. The number of rotatable bonds is 5. The number of aliphatic hydroxyl groups is 1. The first-order chi connectivity index (χ1) is 10.8. The molecule has 2 aliphatic rings. The third-order valence-electron chi connectivity index (χ3n) is 5.35. The first kappa shape index (κ1) is 16.0. The Hall–Kier alpha value is -0.900. The minimum atomic E-state index is 0.369. The number of likely N-dealkylation sites (tertiary alicyclic amines) is 1. The van der Waals surface area contributed by atoms with Crippen LogP contribution in [0.2, 0.25) is 0 Å². The van der Waals surface area contributed by atoms with Crippen molar-refractivity contribution in [2.75, 3.05) is 19.7 Å². The fourth-order valence-corrected chi connectivity index (χ4v) is 4.04. The Kier molecular flexibility index (Phi) is 5.88. The van der Waals surface area contributed by atoms with Gasteiger partial charge in [0.05, 0.1) is 0 Å². The summed E-state index contributed by atoms with van der Waals surface area (Å²) in [7, 11) is 0. The van der Waals surface area contributed by atoms with Gasteiger partial charge in [-0.1, -0.05) is 36.8 Å². The molecule has 1 saturated heterocycles. The molecule has 0 bridgehead atoms. The van der Waals surface area contributed by atoms with E-state index in [1.54, 1.807) is 0 Å². The molecule has 0 aromatic heterocycles. The lowest BCUT2D eigenvalue weighted by molar-refractivity contribution is 0.146. The summed E-state index contributed by atoms with van der Waals surface area (Å²) in [5, 5.41) is 13.2. The molecule has 0 radical (unpaired) electrons. The van der Waals surface area contributed by atoms with Gasteiger partial charge >= 0.3 is 0 Å². The quantitative estimate of drug-likeness (QED) is 0.878. The van der Waals surface area contributed by atoms with Crippen LogP contribution in [0.25, 0.3) is 0 Å². The average molecular weight is 302 g/mol. The molecular formula is C19H30N2O. The lowest BCUT2D eigenvalue weighted by Gasteiger charge is -2.37. The minimum Gasteiger partial charge on any atom is -0.396 e. The monoisotopic (exact) mass is 302 g/mol. The highest BCUT2D eigenvalue weighted by atomic mass is 16.3. The maximum atomic E-state index is 9.36. The lowest BCUT2D eigenvalue weighted by Crippen LogP contribution is -2.47. The maximum absolute atomic E-state index is 9.36. The van der Waals surface area contributed by atoms with Crippen molar-refractivity contribution in [3.8, 4) is 0 Å². The van der Waals surface area contributed by atoms with Gasteiger partial charge in [0, 0.05) is 25.2 Å². The number of piperidine rings is 1. The Bertz CT molecular complexity index is 428. The second kappa shape index (κ2) is 8.09. The SMILES string of the molecule is OC[C@@H]1CCC[C@@H](NC2CCN(Cc3ccccc3)CC2)C1. The van der Waals surface area contributed by atoms with Crippen molar-refractivity contribution >= 4 is 0 Å². The standard InChI is InChI=1S/C19H30N2O/c22-15-17-7-4-8-19(13-17)20-18-9-11-21(12-10-18)14-16-5-2-1-3-6-16/h1-3,5-6,17-20,22H,4,7-15H2/t17-,19-/m1/s1. The summed E-state index contributed by atoms with van der Waals surface area (Å²) in [5.41, 5.74) is 1.42. The number of aliphatic hydroxyl groups excluding tert-OH is 1. The van der Waals surface area contributed by atoms with Gasteiger partial charge in [-0.25, -0.2) is 0 Å². The Morgan fingerprint density at radius 2 is 1.77 bits per heavy atom. The Morgan fingerprint density at radius 3 is 2.50 bits per heavy atom. The van der Waals surface area contributed by atoms with Crippen molar-refractivity contribution in [2.24, 2.45) is 5.92 Å². The van der Waals surface area contributed by atoms with Crippen LogP contribution in [0.4, 0.5) is 0 Å². The van der Waals surface area contributed by atoms with E-state index in [1.165, 1.54) is 57.2 Å². The van der Waals surface area contributed by atoms with E-state index in [9.17, 15) is 5.11 Å². The highest BCUT2D eigenvalue weighted by molar-refractivity contribution is 5.14. The molecule has 0 amide bonds. The molecule has 3 heteroatoms. The second-order valence-electron chi connectivity index (χ2n) is 7.11. The molecule has 3 rings (SSSR count). The number of benzene rings is 1. The summed E-state index contributed by atoms with van der Waals surface area (Å²) < 4.78 is 0. The van der Waals surface area contributed by atoms with Crippen LogP contribution in [0, 0.1) is 5.92 Å². The van der Waals surface area contributed by atoms with Crippen molar-refractivity contribution in [3.63, 3.8) is 0 Å². The van der Waals surface area contributed by atoms with Gasteiger partial charge in [0.2, 0.25) is 0 Å². The lowest BCUT2D eigenvalue weighted by atomic mass is 9.85. The van der Waals surface area contributed by atoms with Gasteiger partial charge in [0.25, 0.3) is 0 Å². The van der Waals surface area contributed by atoms with Crippen molar-refractivity contribution in [1.82, 2.24) is 10.2 Å². The topological polar surface area (TPSA) is 35.5 Å². The first-order valence-corrected chi connectivity index (χ1v) is 8.96. The van der Waals surface area contributed by atoms with Crippen molar-refractivity contribution in [1.29, 1.82) is 0 Å². The summed E-state index contributed by atoms with van der Waals surface area (Å²) in [6, 6.07) is 12.1. The molecule has 1 aliphatic heterocycles. The number of nitrogens with zero attached hydrogens (tertiary/aromatic N) is 1. The van der Waals surface area contributed by atoms with E-state index in [-0.39, 0.29) is 0 Å². The molecule has 0 spiro atoms. The van der Waals surface area contributed by atoms with Crippen LogP contribution in [-0.2, 0) is 6.54 Å². The zero-order valence-corrected chi connectivity index (χ0v) is 13.6. The first-order valence-electron chi connectivity index (χ1n) is 8.96. The summed E-state index contributed by atoms with van der Waals surface area (Å²) >= 11 is 0. The Morgan fingerprint density at radius 1 is 1.00 bits per heavy atom. The molecule has 2 atom stereocenters. The fraction of sp³-hybridized carbons (Fsp3) is 0.684. The minimum absolute atomic E-state index is 0.369. The number of hydrogen-bond acceptors (Lipinski definition) is 3. The van der Waals surface area contributed by atoms with Crippen LogP contribution in [0.3, 0.4) is 0 Å². The molecule has 1 heterocycles. The zero-order chi connectivity index (χ0) is 15.2. The van der Waals surface area contributed by atoms with E-state index >= 15 is 0 Å². The third-order valence-corrected chi connectivity index (χ3v) is 5.35. The van der Waals surface area contributed by atoms with E-state index in [1.807, 2.05) is 0 Å². The normalized spacial score (nSPS) is 27.9. The van der Waals surface area contributed by atoms with Crippen molar-refractivity contribution < 1.29 is 5.11 Å². The van der Waals surface area contributed by atoms with Gasteiger partial charge < -0.3 is 10.4 Å². The van der Waals surface area contributed by atoms with Crippen LogP contribution in [0.1, 0.15) is 44.1 Å². The average Bonchev–Trinajstić information content (AvgIpc) is 2.58. The molecule has 0 unspecified atom stereocenters. The molecule has 1 aromatic rings. The van der Waals surface area contributed by atoms with Crippen molar-refractivity contribution in [3.05, 3.63) is 35.9 Å². The van der Waals surface area contributed by atoms with Crippen LogP contribution >= 0.6 is 0 Å². The van der Waals surface area contributed by atoms with Gasteiger partial charge in [-0.3, -0.25) is 4.90 Å². The van der Waals surface area contributed by atoms with Crippen LogP contribution in [-0.4, -0.2) is 41.8 Å². The smallest absolute Gasteiger partial charge is 0.0459 e. The van der Waals surface area contributed by atoms with E-state index < -0.39 is 0 Å². The largest absolute Gasteiger partial charge is 0.396 e. The zero-order valence-electron chi connectivity index (χ0n) is 13.6. The van der Waals surface area contributed by atoms with Gasteiger partial charge in [0.15, 0.2) is 0 Å². The summed E-state index contributed by atoms with van der Waals surface area (Å²) in [6.07, 6.45) is 7.46. The Balaban J connectivity index is 1.40. The van der Waals surface area contributed by atoms with Gasteiger partial charge in [-0.05, 0) is 56.7 Å². The number of nitrogens with one attached hydrogen (secondary N) is 1. The molecule has 1 aromatic carbocycles. The maximum Gasteiger partial charge on any atom is 0.0459 e. The van der Waals surface area contributed by atoms with E-state index in [4.69, 9.17) is 0 Å². The Labute approximate surface area is 134 Å². The highest BCUT2D eigenvalue weighted by Gasteiger charge is 2.25. The van der Waals surface area contributed by atoms with Crippen LogP contribution in [0.15, 0.2) is 30.3 Å². The molecule has 2 fully saturated rings. The van der Waals surface area contributed by atoms with Gasteiger partial charge in [-0.2, -0.15) is 0 Å². The van der Waals surface area contributed by atoms with Crippen LogP contribution < -0.4 is 5.32 Å². The molecule has 22 heavy (non-hydrogen) atoms. The van der Waals surface area contributed by atoms with E-state index in [2.05, 4.69) is 40.5 Å². The molecule has 1 saturated carbocycles. The van der Waals surface area contributed by atoms with E-state index in [0.29, 0.717) is 24.6 Å². The highest BCUT2D eigenvalue weighted by Crippen LogP contribution is 2.25. The fourth-order valence-electron chi connectivity index (χ4n) is 4.04. The summed E-state index contributed by atoms with van der Waals surface area (Å²) in [4.78, 5) is 2.57.